The van der Waals surface area contributed by atoms with E-state index in [9.17, 15) is 19.7 Å². The summed E-state index contributed by atoms with van der Waals surface area (Å²) in [5.41, 5.74) is -0.220. The van der Waals surface area contributed by atoms with Gasteiger partial charge in [-0.25, -0.2) is 9.59 Å². The number of benzene rings is 1. The SMILES string of the molecule is COC(=O)c1occc1COC(=O)c1ccccc1[N+](=O)[O-]. The average Bonchev–Trinajstić information content (AvgIpc) is 3.00. The summed E-state index contributed by atoms with van der Waals surface area (Å²) in [4.78, 5) is 33.5. The number of rotatable bonds is 5. The molecule has 8 nitrogen and oxygen atoms in total. The van der Waals surface area contributed by atoms with Gasteiger partial charge >= 0.3 is 11.9 Å². The second kappa shape index (κ2) is 6.53. The predicted molar refractivity (Wildman–Crippen MR) is 72.3 cm³/mol. The molecule has 0 spiro atoms. The molecule has 0 N–H and O–H groups in total. The molecule has 0 bridgehead atoms. The highest BCUT2D eigenvalue weighted by Gasteiger charge is 2.22. The van der Waals surface area contributed by atoms with E-state index in [1.807, 2.05) is 0 Å². The number of para-hydroxylation sites is 1. The lowest BCUT2D eigenvalue weighted by atomic mass is 10.2. The maximum atomic E-state index is 11.9. The molecule has 0 aliphatic rings. The Morgan fingerprint density at radius 2 is 1.95 bits per heavy atom. The third kappa shape index (κ3) is 3.11. The van der Waals surface area contributed by atoms with Gasteiger partial charge in [-0.2, -0.15) is 0 Å². The molecular weight excluding hydrogens is 294 g/mol. The monoisotopic (exact) mass is 305 g/mol. The van der Waals surface area contributed by atoms with Crippen molar-refractivity contribution in [1.82, 2.24) is 0 Å². The molecule has 2 aromatic rings. The zero-order valence-corrected chi connectivity index (χ0v) is 11.5. The van der Waals surface area contributed by atoms with Crippen molar-refractivity contribution in [1.29, 1.82) is 0 Å². The smallest absolute Gasteiger partial charge is 0.374 e. The Labute approximate surface area is 124 Å². The van der Waals surface area contributed by atoms with Crippen LogP contribution >= 0.6 is 0 Å². The first kappa shape index (κ1) is 15.2. The molecule has 22 heavy (non-hydrogen) atoms. The number of carbonyl (C=O) groups excluding carboxylic acids is 2. The molecule has 1 aromatic heterocycles. The van der Waals surface area contributed by atoms with Crippen LogP contribution in [-0.2, 0) is 16.1 Å². The van der Waals surface area contributed by atoms with Gasteiger partial charge in [-0.1, -0.05) is 12.1 Å². The van der Waals surface area contributed by atoms with Crippen LogP contribution in [0.15, 0.2) is 41.0 Å². The minimum absolute atomic E-state index is 0.0853. The largest absolute Gasteiger partial charge is 0.463 e. The highest BCUT2D eigenvalue weighted by atomic mass is 16.6. The average molecular weight is 305 g/mol. The minimum Gasteiger partial charge on any atom is -0.463 e. The molecule has 0 saturated heterocycles. The zero-order chi connectivity index (χ0) is 16.1. The second-order valence-corrected chi connectivity index (χ2v) is 4.12. The summed E-state index contributed by atoms with van der Waals surface area (Å²) in [6, 6.07) is 6.87. The number of carbonyl (C=O) groups is 2. The van der Waals surface area contributed by atoms with Crippen molar-refractivity contribution in [3.63, 3.8) is 0 Å². The van der Waals surface area contributed by atoms with Crippen LogP contribution in [0.25, 0.3) is 0 Å². The van der Waals surface area contributed by atoms with Crippen molar-refractivity contribution in [2.75, 3.05) is 7.11 Å². The molecule has 0 aliphatic heterocycles. The van der Waals surface area contributed by atoms with E-state index < -0.39 is 16.9 Å². The second-order valence-electron chi connectivity index (χ2n) is 4.12. The molecule has 0 atom stereocenters. The number of hydrogen-bond donors (Lipinski definition) is 0. The molecule has 0 unspecified atom stereocenters. The summed E-state index contributed by atoms with van der Waals surface area (Å²) in [6.45, 7) is -0.272. The van der Waals surface area contributed by atoms with Crippen molar-refractivity contribution >= 4 is 17.6 Å². The van der Waals surface area contributed by atoms with Gasteiger partial charge in [0, 0.05) is 11.6 Å². The lowest BCUT2D eigenvalue weighted by Crippen LogP contribution is -2.10. The van der Waals surface area contributed by atoms with Crippen molar-refractivity contribution in [3.8, 4) is 0 Å². The van der Waals surface area contributed by atoms with Gasteiger partial charge < -0.3 is 13.9 Å². The van der Waals surface area contributed by atoms with E-state index in [2.05, 4.69) is 4.74 Å². The molecule has 0 fully saturated rings. The molecule has 0 radical (unpaired) electrons. The lowest BCUT2D eigenvalue weighted by Gasteiger charge is -2.05. The van der Waals surface area contributed by atoms with Crippen LogP contribution in [0.3, 0.4) is 0 Å². The Hall–Kier alpha value is -3.16. The fourth-order valence-electron chi connectivity index (χ4n) is 1.75. The van der Waals surface area contributed by atoms with Crippen molar-refractivity contribution in [2.45, 2.75) is 6.61 Å². The number of hydrogen-bond acceptors (Lipinski definition) is 7. The van der Waals surface area contributed by atoms with Crippen LogP contribution < -0.4 is 0 Å². The van der Waals surface area contributed by atoms with E-state index in [1.165, 1.54) is 43.7 Å². The highest BCUT2D eigenvalue weighted by Crippen LogP contribution is 2.20. The fourth-order valence-corrected chi connectivity index (χ4v) is 1.75. The number of ether oxygens (including phenoxy) is 2. The Balaban J connectivity index is 2.13. The Bertz CT molecular complexity index is 719. The van der Waals surface area contributed by atoms with Gasteiger partial charge in [-0.15, -0.1) is 0 Å². The van der Waals surface area contributed by atoms with Gasteiger partial charge in [0.1, 0.15) is 12.2 Å². The Kier molecular flexibility index (Phi) is 4.52. The van der Waals surface area contributed by atoms with E-state index in [-0.39, 0.29) is 23.6 Å². The van der Waals surface area contributed by atoms with Gasteiger partial charge in [0.25, 0.3) is 5.69 Å². The number of methoxy groups -OCH3 is 1. The third-order valence-corrected chi connectivity index (χ3v) is 2.80. The van der Waals surface area contributed by atoms with Gasteiger partial charge in [-0.05, 0) is 12.1 Å². The maximum Gasteiger partial charge on any atom is 0.374 e. The van der Waals surface area contributed by atoms with Crippen LogP contribution in [0.1, 0.15) is 26.5 Å². The molecule has 114 valence electrons. The molecular formula is C14H11NO7. The van der Waals surface area contributed by atoms with Crippen LogP contribution in [0.4, 0.5) is 5.69 Å². The van der Waals surface area contributed by atoms with Gasteiger partial charge in [0.2, 0.25) is 5.76 Å². The van der Waals surface area contributed by atoms with E-state index >= 15 is 0 Å². The van der Waals surface area contributed by atoms with Crippen LogP contribution in [0, 0.1) is 10.1 Å². The number of nitrogens with zero attached hydrogens (tertiary/aromatic N) is 1. The van der Waals surface area contributed by atoms with Crippen molar-refractivity contribution in [2.24, 2.45) is 0 Å². The van der Waals surface area contributed by atoms with E-state index in [1.54, 1.807) is 0 Å². The summed E-state index contributed by atoms with van der Waals surface area (Å²) in [6.07, 6.45) is 1.25. The zero-order valence-electron chi connectivity index (χ0n) is 11.5. The fraction of sp³-hybridized carbons (Fsp3) is 0.143. The standard InChI is InChI=1S/C14H11NO7/c1-20-14(17)12-9(6-7-21-12)8-22-13(16)10-4-2-3-5-11(10)15(18)19/h2-7H,8H2,1H3. The quantitative estimate of drug-likeness (QED) is 0.473. The van der Waals surface area contributed by atoms with E-state index in [0.717, 1.165) is 0 Å². The first-order valence-electron chi connectivity index (χ1n) is 6.09. The molecule has 2 rings (SSSR count). The number of nitro groups is 1. The summed E-state index contributed by atoms with van der Waals surface area (Å²) in [7, 11) is 1.19. The summed E-state index contributed by atoms with van der Waals surface area (Å²) >= 11 is 0. The molecule has 8 heteroatoms. The van der Waals surface area contributed by atoms with Crippen molar-refractivity contribution < 1.29 is 28.4 Å². The van der Waals surface area contributed by atoms with Gasteiger partial charge in [-0.3, -0.25) is 10.1 Å². The van der Waals surface area contributed by atoms with E-state index in [0.29, 0.717) is 5.56 Å². The molecule has 1 aromatic carbocycles. The lowest BCUT2D eigenvalue weighted by molar-refractivity contribution is -0.385. The first-order valence-corrected chi connectivity index (χ1v) is 6.09. The Morgan fingerprint density at radius 1 is 1.23 bits per heavy atom. The number of esters is 2. The normalized spacial score (nSPS) is 10.0. The summed E-state index contributed by atoms with van der Waals surface area (Å²) in [5.74, 6) is -1.66. The van der Waals surface area contributed by atoms with Gasteiger partial charge in [0.05, 0.1) is 18.3 Å². The van der Waals surface area contributed by atoms with Crippen LogP contribution in [0.5, 0.6) is 0 Å². The van der Waals surface area contributed by atoms with Crippen LogP contribution in [-0.4, -0.2) is 24.0 Å². The minimum atomic E-state index is -0.871. The van der Waals surface area contributed by atoms with Gasteiger partial charge in [0.15, 0.2) is 0 Å². The van der Waals surface area contributed by atoms with Crippen LogP contribution in [0.2, 0.25) is 0 Å². The topological polar surface area (TPSA) is 109 Å². The molecule has 1 heterocycles. The number of furan rings is 1. The van der Waals surface area contributed by atoms with Crippen molar-refractivity contribution in [3.05, 3.63) is 63.6 Å². The molecule has 0 aliphatic carbocycles. The third-order valence-electron chi connectivity index (χ3n) is 2.80. The number of nitro benzene ring substituents is 1. The molecule has 0 saturated carbocycles. The maximum absolute atomic E-state index is 11.9. The molecule has 0 amide bonds. The Morgan fingerprint density at radius 3 is 2.64 bits per heavy atom. The first-order chi connectivity index (χ1) is 10.5. The summed E-state index contributed by atoms with van der Waals surface area (Å²) in [5, 5.41) is 10.9. The summed E-state index contributed by atoms with van der Waals surface area (Å²) < 4.78 is 14.4. The highest BCUT2D eigenvalue weighted by molar-refractivity contribution is 5.94. The van der Waals surface area contributed by atoms with E-state index in [4.69, 9.17) is 9.15 Å². The predicted octanol–water partition coefficient (Wildman–Crippen LogP) is 2.33.